The van der Waals surface area contributed by atoms with Gasteiger partial charge in [0.15, 0.2) is 0 Å². The zero-order valence-corrected chi connectivity index (χ0v) is 7.59. The summed E-state index contributed by atoms with van der Waals surface area (Å²) in [5, 5.41) is 18.8. The molecule has 0 bridgehead atoms. The van der Waals surface area contributed by atoms with Gasteiger partial charge in [-0.1, -0.05) is 15.5 Å². The fraction of sp³-hybridized carbons (Fsp3) is 0. The highest BCUT2D eigenvalue weighted by molar-refractivity contribution is 9.37. The summed E-state index contributed by atoms with van der Waals surface area (Å²) < 4.78 is 0. The topological polar surface area (TPSA) is 40.5 Å². The van der Waals surface area contributed by atoms with E-state index in [1.165, 1.54) is 18.2 Å². The summed E-state index contributed by atoms with van der Waals surface area (Å²) in [6, 6.07) is 4.45. The van der Waals surface area contributed by atoms with Gasteiger partial charge in [0.05, 0.1) is 0 Å². The van der Waals surface area contributed by atoms with E-state index in [4.69, 9.17) is 10.2 Å². The maximum atomic E-state index is 9.10. The van der Waals surface area contributed by atoms with Gasteiger partial charge in [-0.25, -0.2) is 0 Å². The molecule has 0 aliphatic heterocycles. The van der Waals surface area contributed by atoms with Gasteiger partial charge in [-0.05, 0) is 25.5 Å². The van der Waals surface area contributed by atoms with Crippen LogP contribution < -0.4 is 5.30 Å². The summed E-state index contributed by atoms with van der Waals surface area (Å²) in [6.07, 6.45) is 0. The molecule has 1 aromatic carbocycles. The third kappa shape index (κ3) is 1.61. The Kier molecular flexibility index (Phi) is 2.52. The molecule has 0 fully saturated rings. The van der Waals surface area contributed by atoms with Gasteiger partial charge in [-0.3, -0.25) is 0 Å². The zero-order valence-electron chi connectivity index (χ0n) is 5.00. The molecule has 0 aliphatic rings. The number of phenolic OH excluding ortho intramolecular Hbond substituents is 2. The Bertz CT molecular complexity index is 239. The van der Waals surface area contributed by atoms with Crippen LogP contribution in [0.4, 0.5) is 0 Å². The highest BCUT2D eigenvalue weighted by atomic mass is 79.9. The summed E-state index contributed by atoms with van der Waals surface area (Å²) >= 11 is 3.20. The molecular formula is C6H6BrO2P. The van der Waals surface area contributed by atoms with Crippen molar-refractivity contribution < 1.29 is 10.2 Å². The van der Waals surface area contributed by atoms with Crippen LogP contribution in [0, 0.1) is 0 Å². The standard InChI is InChI=1S/C6H6BrO2P/c7-10-6-3-4(8)1-2-5(6)9/h1-3,8-10H. The quantitative estimate of drug-likeness (QED) is 0.559. The van der Waals surface area contributed by atoms with E-state index >= 15 is 0 Å². The van der Waals surface area contributed by atoms with Crippen molar-refractivity contribution in [1.82, 2.24) is 0 Å². The molecule has 1 unspecified atom stereocenters. The number of hydrogen-bond donors (Lipinski definition) is 2. The Morgan fingerprint density at radius 3 is 2.50 bits per heavy atom. The highest BCUT2D eigenvalue weighted by Crippen LogP contribution is 2.26. The Morgan fingerprint density at radius 1 is 1.30 bits per heavy atom. The summed E-state index contributed by atoms with van der Waals surface area (Å²) in [4.78, 5) is 0. The average molecular weight is 221 g/mol. The normalized spacial score (nSPS) is 10.9. The predicted octanol–water partition coefficient (Wildman–Crippen LogP) is 1.71. The molecule has 0 heterocycles. The van der Waals surface area contributed by atoms with Crippen molar-refractivity contribution in [1.29, 1.82) is 0 Å². The van der Waals surface area contributed by atoms with Gasteiger partial charge in [-0.2, -0.15) is 0 Å². The fourth-order valence-electron chi connectivity index (χ4n) is 0.600. The monoisotopic (exact) mass is 220 g/mol. The van der Waals surface area contributed by atoms with Crippen LogP contribution in [0.5, 0.6) is 11.5 Å². The fourth-order valence-corrected chi connectivity index (χ4v) is 1.94. The van der Waals surface area contributed by atoms with Crippen LogP contribution in [0.2, 0.25) is 0 Å². The van der Waals surface area contributed by atoms with Crippen LogP contribution in [-0.4, -0.2) is 10.2 Å². The van der Waals surface area contributed by atoms with Crippen molar-refractivity contribution in [2.45, 2.75) is 0 Å². The first-order valence-corrected chi connectivity index (χ1v) is 5.88. The Labute approximate surface area is 68.4 Å². The van der Waals surface area contributed by atoms with Crippen molar-refractivity contribution >= 4 is 28.1 Å². The number of rotatable bonds is 1. The van der Waals surface area contributed by atoms with E-state index in [0.717, 1.165) is 5.30 Å². The van der Waals surface area contributed by atoms with Crippen molar-refractivity contribution in [3.05, 3.63) is 18.2 Å². The largest absolute Gasteiger partial charge is 0.508 e. The molecule has 2 N–H and O–H groups in total. The number of halogens is 1. The van der Waals surface area contributed by atoms with E-state index < -0.39 is 0 Å². The van der Waals surface area contributed by atoms with Gasteiger partial charge in [0, 0.05) is 5.30 Å². The molecule has 1 aromatic rings. The lowest BCUT2D eigenvalue weighted by atomic mass is 10.3. The lowest BCUT2D eigenvalue weighted by Gasteiger charge is -1.99. The van der Waals surface area contributed by atoms with Gasteiger partial charge < -0.3 is 10.2 Å². The van der Waals surface area contributed by atoms with Gasteiger partial charge in [-0.15, -0.1) is 0 Å². The van der Waals surface area contributed by atoms with Crippen LogP contribution >= 0.6 is 22.8 Å². The van der Waals surface area contributed by atoms with Crippen LogP contribution in [0.3, 0.4) is 0 Å². The van der Waals surface area contributed by atoms with Gasteiger partial charge in [0.25, 0.3) is 0 Å². The van der Waals surface area contributed by atoms with E-state index in [9.17, 15) is 0 Å². The molecule has 0 aliphatic carbocycles. The SMILES string of the molecule is Oc1ccc(O)c(PBr)c1. The van der Waals surface area contributed by atoms with Gasteiger partial charge in [0.2, 0.25) is 0 Å². The second-order valence-corrected chi connectivity index (χ2v) is 3.71. The maximum Gasteiger partial charge on any atom is 0.124 e. The minimum absolute atomic E-state index is 0.180. The molecule has 54 valence electrons. The lowest BCUT2D eigenvalue weighted by Crippen LogP contribution is -1.90. The molecule has 0 radical (unpaired) electrons. The molecular weight excluding hydrogens is 215 g/mol. The van der Waals surface area contributed by atoms with E-state index in [0.29, 0.717) is 7.28 Å². The lowest BCUT2D eigenvalue weighted by molar-refractivity contribution is 0.464. The molecule has 0 spiro atoms. The van der Waals surface area contributed by atoms with Crippen molar-refractivity contribution in [3.8, 4) is 11.5 Å². The van der Waals surface area contributed by atoms with Gasteiger partial charge in [0.1, 0.15) is 11.5 Å². The summed E-state index contributed by atoms with van der Waals surface area (Å²) in [5.41, 5.74) is 0. The highest BCUT2D eigenvalue weighted by Gasteiger charge is 1.98. The molecule has 2 nitrogen and oxygen atoms in total. The van der Waals surface area contributed by atoms with E-state index in [1.807, 2.05) is 0 Å². The number of benzene rings is 1. The summed E-state index contributed by atoms with van der Waals surface area (Å²) in [7, 11) is 0.328. The van der Waals surface area contributed by atoms with E-state index in [-0.39, 0.29) is 11.5 Å². The molecule has 1 rings (SSSR count). The Hall–Kier alpha value is -0.270. The molecule has 0 saturated carbocycles. The molecule has 0 amide bonds. The van der Waals surface area contributed by atoms with Crippen molar-refractivity contribution in [3.63, 3.8) is 0 Å². The van der Waals surface area contributed by atoms with Crippen LogP contribution in [0.25, 0.3) is 0 Å². The van der Waals surface area contributed by atoms with Crippen molar-refractivity contribution in [2.24, 2.45) is 0 Å². The number of phenols is 2. The number of aromatic hydroxyl groups is 2. The van der Waals surface area contributed by atoms with Gasteiger partial charge >= 0.3 is 0 Å². The average Bonchev–Trinajstić information content (AvgIpc) is 1.94. The molecule has 4 heteroatoms. The maximum absolute atomic E-state index is 9.10. The molecule has 0 aromatic heterocycles. The summed E-state index contributed by atoms with van der Waals surface area (Å²) in [6.45, 7) is 0. The first-order valence-electron chi connectivity index (χ1n) is 2.62. The third-order valence-corrected chi connectivity index (χ3v) is 2.97. The molecule has 10 heavy (non-hydrogen) atoms. The second kappa shape index (κ2) is 3.22. The first-order chi connectivity index (χ1) is 4.74. The second-order valence-electron chi connectivity index (χ2n) is 1.80. The summed E-state index contributed by atoms with van der Waals surface area (Å²) in [5.74, 6) is 0.396. The van der Waals surface area contributed by atoms with Crippen LogP contribution in [0.15, 0.2) is 18.2 Å². The smallest absolute Gasteiger partial charge is 0.124 e. The Morgan fingerprint density at radius 2 is 2.00 bits per heavy atom. The molecule has 0 saturated heterocycles. The van der Waals surface area contributed by atoms with Crippen LogP contribution in [-0.2, 0) is 0 Å². The predicted molar refractivity (Wildman–Crippen MR) is 46.6 cm³/mol. The molecule has 1 atom stereocenters. The third-order valence-electron chi connectivity index (χ3n) is 1.08. The van der Waals surface area contributed by atoms with E-state index in [2.05, 4.69) is 15.5 Å². The van der Waals surface area contributed by atoms with Crippen LogP contribution in [0.1, 0.15) is 0 Å². The minimum atomic E-state index is 0.180. The Balaban J connectivity index is 3.09. The first kappa shape index (κ1) is 7.83. The van der Waals surface area contributed by atoms with Crippen molar-refractivity contribution in [2.75, 3.05) is 0 Å². The number of hydrogen-bond acceptors (Lipinski definition) is 2. The van der Waals surface area contributed by atoms with E-state index in [1.54, 1.807) is 0 Å². The minimum Gasteiger partial charge on any atom is -0.508 e. The zero-order chi connectivity index (χ0) is 7.56.